The number of aryl methyl sites for hydroxylation is 3. The molecule has 1 aliphatic carbocycles. The van der Waals surface area contributed by atoms with E-state index in [1.807, 2.05) is 12.3 Å². The van der Waals surface area contributed by atoms with Gasteiger partial charge < -0.3 is 9.30 Å². The zero-order chi connectivity index (χ0) is 29.5. The van der Waals surface area contributed by atoms with Gasteiger partial charge in [-0.05, 0) is 105 Å². The van der Waals surface area contributed by atoms with Crippen LogP contribution in [0.5, 0.6) is 0 Å². The summed E-state index contributed by atoms with van der Waals surface area (Å²) < 4.78 is 7.21. The number of aromatic nitrogens is 3. The number of carbonyl (C=O) groups is 1. The Bertz CT molecular complexity index is 1470. The fraction of sp³-hybridized carbons (Fsp3) is 0.400. The van der Waals surface area contributed by atoms with E-state index in [1.54, 1.807) is 18.3 Å². The molecule has 5 rings (SSSR count). The Morgan fingerprint density at radius 2 is 1.67 bits per heavy atom. The third-order valence-corrected chi connectivity index (χ3v) is 9.03. The van der Waals surface area contributed by atoms with Crippen LogP contribution in [0.3, 0.4) is 0 Å². The number of hydrogen-bond donors (Lipinski definition) is 0. The molecule has 2 aromatic heterocycles. The fourth-order valence-electron chi connectivity index (χ4n) is 6.19. The van der Waals surface area contributed by atoms with Crippen molar-refractivity contribution in [1.29, 1.82) is 0 Å². The smallest absolute Gasteiger partial charge is 0.337 e. The molecular weight excluding hydrogens is 565 g/mol. The second kappa shape index (κ2) is 14.3. The zero-order valence-electron chi connectivity index (χ0n) is 24.5. The molecule has 0 amide bonds. The Labute approximate surface area is 259 Å². The van der Waals surface area contributed by atoms with Crippen molar-refractivity contribution in [3.63, 3.8) is 0 Å². The van der Waals surface area contributed by atoms with Gasteiger partial charge in [-0.3, -0.25) is 4.98 Å². The summed E-state index contributed by atoms with van der Waals surface area (Å²) in [5, 5.41) is 1.46. The minimum Gasteiger partial charge on any atom is -0.465 e. The average molecular weight is 605 g/mol. The first-order chi connectivity index (χ1) is 20.4. The number of nitrogens with zero attached hydrogens (tertiary/aromatic N) is 3. The quantitative estimate of drug-likeness (QED) is 0.127. The SMILES string of the molecule is COC(=O)c1ccnc(-c2ncc(CCCCC3CCC(c4cc(Cl)cc(Cl)c4)CC3)n2CCc2ccc(C)cc2)c1. The van der Waals surface area contributed by atoms with E-state index in [1.165, 1.54) is 68.0 Å². The lowest BCUT2D eigenvalue weighted by atomic mass is 9.77. The highest BCUT2D eigenvalue weighted by molar-refractivity contribution is 6.34. The van der Waals surface area contributed by atoms with E-state index in [4.69, 9.17) is 32.9 Å². The predicted molar refractivity (Wildman–Crippen MR) is 170 cm³/mol. The summed E-state index contributed by atoms with van der Waals surface area (Å²) in [4.78, 5) is 21.5. The minimum atomic E-state index is -0.373. The molecule has 0 aliphatic heterocycles. The van der Waals surface area contributed by atoms with Crippen LogP contribution < -0.4 is 0 Å². The lowest BCUT2D eigenvalue weighted by Gasteiger charge is -2.29. The standard InChI is InChI=1S/C35H39Cl2N3O2/c1-24-7-9-26(10-8-24)16-18-40-32(23-39-34(40)33-21-28(15-17-38-33)35(41)42-2)6-4-3-5-25-11-13-27(14-12-25)29-19-30(36)22-31(37)20-29/h7-10,15,17,19-23,25,27H,3-6,11-14,16,18H2,1-2H3. The first-order valence-electron chi connectivity index (χ1n) is 15.0. The van der Waals surface area contributed by atoms with Crippen LogP contribution in [-0.4, -0.2) is 27.6 Å². The summed E-state index contributed by atoms with van der Waals surface area (Å²) in [5.41, 5.74) is 6.21. The predicted octanol–water partition coefficient (Wildman–Crippen LogP) is 9.28. The minimum absolute atomic E-state index is 0.373. The Hall–Kier alpha value is -3.15. The van der Waals surface area contributed by atoms with Crippen LogP contribution in [0, 0.1) is 12.8 Å². The molecule has 2 heterocycles. The number of imidazole rings is 1. The maximum Gasteiger partial charge on any atom is 0.337 e. The molecule has 0 atom stereocenters. The van der Waals surface area contributed by atoms with E-state index in [2.05, 4.69) is 52.9 Å². The van der Waals surface area contributed by atoms with Crippen molar-refractivity contribution < 1.29 is 9.53 Å². The van der Waals surface area contributed by atoms with Gasteiger partial charge in [-0.25, -0.2) is 9.78 Å². The van der Waals surface area contributed by atoms with Crippen LogP contribution in [0.2, 0.25) is 10.0 Å². The summed E-state index contributed by atoms with van der Waals surface area (Å²) in [6.07, 6.45) is 14.0. The Morgan fingerprint density at radius 3 is 2.38 bits per heavy atom. The van der Waals surface area contributed by atoms with Crippen LogP contribution in [-0.2, 0) is 24.1 Å². The maximum atomic E-state index is 12.2. The lowest BCUT2D eigenvalue weighted by molar-refractivity contribution is 0.0600. The van der Waals surface area contributed by atoms with Gasteiger partial charge in [0.2, 0.25) is 0 Å². The molecule has 0 N–H and O–H groups in total. The number of carbonyl (C=O) groups excluding carboxylic acids is 1. The van der Waals surface area contributed by atoms with Crippen molar-refractivity contribution >= 4 is 29.2 Å². The summed E-state index contributed by atoms with van der Waals surface area (Å²) in [6.45, 7) is 2.91. The van der Waals surface area contributed by atoms with Gasteiger partial charge in [0.25, 0.3) is 0 Å². The highest BCUT2D eigenvalue weighted by atomic mass is 35.5. The lowest BCUT2D eigenvalue weighted by Crippen LogP contribution is -2.13. The van der Waals surface area contributed by atoms with Crippen molar-refractivity contribution in [1.82, 2.24) is 14.5 Å². The highest BCUT2D eigenvalue weighted by Gasteiger charge is 2.23. The summed E-state index contributed by atoms with van der Waals surface area (Å²) in [7, 11) is 1.39. The van der Waals surface area contributed by atoms with Gasteiger partial charge in [-0.1, -0.05) is 65.9 Å². The van der Waals surface area contributed by atoms with E-state index < -0.39 is 0 Å². The van der Waals surface area contributed by atoms with E-state index in [9.17, 15) is 4.79 Å². The number of unbranched alkanes of at least 4 members (excludes halogenated alkanes) is 1. The molecule has 1 fully saturated rings. The Morgan fingerprint density at radius 1 is 0.929 bits per heavy atom. The molecule has 42 heavy (non-hydrogen) atoms. The van der Waals surface area contributed by atoms with Gasteiger partial charge in [-0.2, -0.15) is 0 Å². The van der Waals surface area contributed by atoms with Crippen molar-refractivity contribution in [2.45, 2.75) is 77.2 Å². The van der Waals surface area contributed by atoms with Gasteiger partial charge in [0.05, 0.1) is 12.7 Å². The van der Waals surface area contributed by atoms with Gasteiger partial charge in [-0.15, -0.1) is 0 Å². The Balaban J connectivity index is 1.21. The highest BCUT2D eigenvalue weighted by Crippen LogP contribution is 2.39. The van der Waals surface area contributed by atoms with Crippen LogP contribution >= 0.6 is 23.2 Å². The van der Waals surface area contributed by atoms with Crippen LogP contribution in [0.25, 0.3) is 11.5 Å². The first-order valence-corrected chi connectivity index (χ1v) is 15.8. The molecule has 0 spiro atoms. The van der Waals surface area contributed by atoms with Crippen molar-refractivity contribution in [3.05, 3.63) is 105 Å². The van der Waals surface area contributed by atoms with Gasteiger partial charge in [0.1, 0.15) is 5.69 Å². The van der Waals surface area contributed by atoms with E-state index in [-0.39, 0.29) is 5.97 Å². The van der Waals surface area contributed by atoms with Crippen molar-refractivity contribution in [2.75, 3.05) is 7.11 Å². The number of methoxy groups -OCH3 is 1. The van der Waals surface area contributed by atoms with Crippen molar-refractivity contribution in [2.24, 2.45) is 5.92 Å². The number of esters is 1. The average Bonchev–Trinajstić information content (AvgIpc) is 3.41. The molecule has 1 aliphatic rings. The van der Waals surface area contributed by atoms with Gasteiger partial charge in [0, 0.05) is 34.7 Å². The third-order valence-electron chi connectivity index (χ3n) is 8.59. The molecular formula is C35H39Cl2N3O2. The number of rotatable bonds is 11. The largest absolute Gasteiger partial charge is 0.465 e. The molecule has 0 radical (unpaired) electrons. The molecule has 220 valence electrons. The summed E-state index contributed by atoms with van der Waals surface area (Å²) in [5.74, 6) is 1.76. The van der Waals surface area contributed by atoms with Crippen LogP contribution in [0.4, 0.5) is 0 Å². The summed E-state index contributed by atoms with van der Waals surface area (Å²) >= 11 is 12.5. The number of ether oxygens (including phenoxy) is 1. The molecule has 4 aromatic rings. The molecule has 2 aromatic carbocycles. The zero-order valence-corrected chi connectivity index (χ0v) is 26.0. The fourth-order valence-corrected chi connectivity index (χ4v) is 6.74. The second-order valence-corrected chi connectivity index (χ2v) is 12.4. The van der Waals surface area contributed by atoms with Crippen molar-refractivity contribution in [3.8, 4) is 11.5 Å². The number of pyridine rings is 1. The molecule has 5 nitrogen and oxygen atoms in total. The first kappa shape index (κ1) is 30.3. The molecule has 0 saturated heterocycles. The second-order valence-electron chi connectivity index (χ2n) is 11.5. The topological polar surface area (TPSA) is 57.0 Å². The molecule has 1 saturated carbocycles. The normalized spacial score (nSPS) is 16.9. The Kier molecular flexibility index (Phi) is 10.4. The van der Waals surface area contributed by atoms with Gasteiger partial charge in [0.15, 0.2) is 5.82 Å². The van der Waals surface area contributed by atoms with E-state index in [0.717, 1.165) is 47.6 Å². The van der Waals surface area contributed by atoms with Gasteiger partial charge >= 0.3 is 5.97 Å². The number of halogens is 2. The third kappa shape index (κ3) is 7.81. The number of hydrogen-bond acceptors (Lipinski definition) is 4. The maximum absolute atomic E-state index is 12.2. The van der Waals surface area contributed by atoms with Crippen LogP contribution in [0.15, 0.2) is 67.0 Å². The summed E-state index contributed by atoms with van der Waals surface area (Å²) in [6, 6.07) is 18.1. The molecule has 0 bridgehead atoms. The molecule has 0 unspecified atom stereocenters. The number of benzene rings is 2. The monoisotopic (exact) mass is 603 g/mol. The van der Waals surface area contributed by atoms with E-state index >= 15 is 0 Å². The van der Waals surface area contributed by atoms with E-state index in [0.29, 0.717) is 17.2 Å². The van der Waals surface area contributed by atoms with Crippen LogP contribution in [0.1, 0.15) is 83.6 Å². The molecule has 7 heteroatoms.